The molecule has 1 amide bonds. The minimum absolute atomic E-state index is 0.381. The van der Waals surface area contributed by atoms with Crippen molar-refractivity contribution in [2.45, 2.75) is 13.8 Å². The minimum atomic E-state index is -0.381. The van der Waals surface area contributed by atoms with Crippen molar-refractivity contribution in [3.8, 4) is 0 Å². The van der Waals surface area contributed by atoms with Gasteiger partial charge in [-0.1, -0.05) is 20.4 Å². The van der Waals surface area contributed by atoms with Gasteiger partial charge in [0.25, 0.3) is 5.91 Å². The van der Waals surface area contributed by atoms with Crippen molar-refractivity contribution in [2.75, 3.05) is 6.61 Å². The first-order valence-electron chi connectivity index (χ1n) is 3.47. The molecule has 0 rings (SSSR count). The van der Waals surface area contributed by atoms with E-state index in [1.54, 1.807) is 0 Å². The van der Waals surface area contributed by atoms with Gasteiger partial charge in [0.2, 0.25) is 0 Å². The van der Waals surface area contributed by atoms with E-state index >= 15 is 0 Å². The molecule has 0 aliphatic carbocycles. The van der Waals surface area contributed by atoms with Crippen LogP contribution >= 0.6 is 0 Å². The van der Waals surface area contributed by atoms with Gasteiger partial charge in [0.05, 0.1) is 6.61 Å². The van der Waals surface area contributed by atoms with Crippen molar-refractivity contribution in [1.29, 1.82) is 0 Å². The summed E-state index contributed by atoms with van der Waals surface area (Å²) in [4.78, 5) is 13.9. The number of amides is 1. The van der Waals surface area contributed by atoms with Gasteiger partial charge in [-0.3, -0.25) is 4.79 Å². The fourth-order valence-electron chi connectivity index (χ4n) is 0.377. The van der Waals surface area contributed by atoms with Gasteiger partial charge < -0.3 is 4.74 Å². The number of hydrogen-bond acceptors (Lipinski definition) is 2. The van der Waals surface area contributed by atoms with Crippen LogP contribution in [0.4, 0.5) is 0 Å². The summed E-state index contributed by atoms with van der Waals surface area (Å²) in [6, 6.07) is 0. The molecule has 0 radical (unpaired) electrons. The Morgan fingerprint density at radius 3 is 2.82 bits per heavy atom. The molecule has 0 saturated carbocycles. The zero-order valence-electron chi connectivity index (χ0n) is 6.91. The van der Waals surface area contributed by atoms with Crippen LogP contribution in [0.3, 0.4) is 0 Å². The lowest BCUT2D eigenvalue weighted by atomic mass is 10.2. The number of carbonyl (C=O) groups excluding carboxylic acids is 1. The Morgan fingerprint density at radius 2 is 2.36 bits per heavy atom. The molecule has 0 aromatic rings. The lowest BCUT2D eigenvalue weighted by molar-refractivity contribution is -0.113. The first-order chi connectivity index (χ1) is 5.16. The Kier molecular flexibility index (Phi) is 5.07. The van der Waals surface area contributed by atoms with Crippen molar-refractivity contribution in [2.24, 2.45) is 10.9 Å². The van der Waals surface area contributed by atoms with Crippen LogP contribution < -0.4 is 0 Å². The van der Waals surface area contributed by atoms with E-state index in [0.29, 0.717) is 12.5 Å². The SMILES string of the molecule is C=CC(=O)N=COCC(C)C. The maximum atomic E-state index is 10.5. The number of aliphatic imine (C=N–C) groups is 1. The summed E-state index contributed by atoms with van der Waals surface area (Å²) in [5, 5.41) is 0. The van der Waals surface area contributed by atoms with Gasteiger partial charge in [0, 0.05) is 0 Å². The van der Waals surface area contributed by atoms with Crippen LogP contribution in [0.2, 0.25) is 0 Å². The van der Waals surface area contributed by atoms with Crippen LogP contribution in [0.1, 0.15) is 13.8 Å². The summed E-state index contributed by atoms with van der Waals surface area (Å²) < 4.78 is 4.91. The fourth-order valence-corrected chi connectivity index (χ4v) is 0.377. The third kappa shape index (κ3) is 6.77. The van der Waals surface area contributed by atoms with Gasteiger partial charge in [0.1, 0.15) is 0 Å². The van der Waals surface area contributed by atoms with E-state index in [1.807, 2.05) is 13.8 Å². The highest BCUT2D eigenvalue weighted by Crippen LogP contribution is 1.89. The van der Waals surface area contributed by atoms with Crippen LogP contribution in [-0.4, -0.2) is 18.9 Å². The van der Waals surface area contributed by atoms with Gasteiger partial charge >= 0.3 is 0 Å². The summed E-state index contributed by atoms with van der Waals surface area (Å²) in [5.41, 5.74) is 0. The Morgan fingerprint density at radius 1 is 1.73 bits per heavy atom. The number of rotatable bonds is 4. The van der Waals surface area contributed by atoms with Crippen LogP contribution in [0.5, 0.6) is 0 Å². The molecule has 11 heavy (non-hydrogen) atoms. The molecule has 0 aromatic carbocycles. The molecule has 0 bridgehead atoms. The van der Waals surface area contributed by atoms with Gasteiger partial charge in [-0.2, -0.15) is 4.99 Å². The second kappa shape index (κ2) is 5.65. The molecule has 0 heterocycles. The number of nitrogens with zero attached hydrogens (tertiary/aromatic N) is 1. The maximum Gasteiger partial charge on any atom is 0.271 e. The zero-order valence-corrected chi connectivity index (χ0v) is 6.91. The van der Waals surface area contributed by atoms with Crippen LogP contribution in [-0.2, 0) is 9.53 Å². The van der Waals surface area contributed by atoms with E-state index in [-0.39, 0.29) is 5.91 Å². The summed E-state index contributed by atoms with van der Waals surface area (Å²) in [6.45, 7) is 7.87. The number of hydrogen-bond donors (Lipinski definition) is 0. The molecule has 0 unspecified atom stereocenters. The molecule has 0 spiro atoms. The molecule has 3 nitrogen and oxygen atoms in total. The van der Waals surface area contributed by atoms with E-state index in [9.17, 15) is 4.79 Å². The van der Waals surface area contributed by atoms with Crippen LogP contribution in [0.25, 0.3) is 0 Å². The van der Waals surface area contributed by atoms with Crippen LogP contribution in [0.15, 0.2) is 17.6 Å². The molecule has 0 aliphatic rings. The van der Waals surface area contributed by atoms with Crippen molar-refractivity contribution < 1.29 is 9.53 Å². The van der Waals surface area contributed by atoms with Gasteiger partial charge in [0.15, 0.2) is 6.40 Å². The largest absolute Gasteiger partial charge is 0.483 e. The topological polar surface area (TPSA) is 38.7 Å². The summed E-state index contributed by atoms with van der Waals surface area (Å²) >= 11 is 0. The molecular formula is C8H13NO2. The predicted molar refractivity (Wildman–Crippen MR) is 44.5 cm³/mol. The third-order valence-electron chi connectivity index (χ3n) is 0.859. The average Bonchev–Trinajstić information content (AvgIpc) is 1.97. The van der Waals surface area contributed by atoms with E-state index in [1.165, 1.54) is 0 Å². The quantitative estimate of drug-likeness (QED) is 0.349. The molecule has 0 saturated heterocycles. The van der Waals surface area contributed by atoms with Gasteiger partial charge in [-0.15, -0.1) is 0 Å². The Labute approximate surface area is 66.8 Å². The second-order valence-electron chi connectivity index (χ2n) is 2.50. The third-order valence-corrected chi connectivity index (χ3v) is 0.859. The Bertz CT molecular complexity index is 161. The summed E-state index contributed by atoms with van der Waals surface area (Å²) in [7, 11) is 0. The van der Waals surface area contributed by atoms with E-state index in [4.69, 9.17) is 4.74 Å². The van der Waals surface area contributed by atoms with E-state index < -0.39 is 0 Å². The van der Waals surface area contributed by atoms with E-state index in [2.05, 4.69) is 11.6 Å². The highest BCUT2D eigenvalue weighted by Gasteiger charge is 1.90. The first kappa shape index (κ1) is 9.88. The van der Waals surface area contributed by atoms with Crippen molar-refractivity contribution in [1.82, 2.24) is 0 Å². The van der Waals surface area contributed by atoms with Crippen molar-refractivity contribution >= 4 is 12.3 Å². The summed E-state index contributed by atoms with van der Waals surface area (Å²) in [6.07, 6.45) is 2.29. The maximum absolute atomic E-state index is 10.5. The molecule has 0 aliphatic heterocycles. The average molecular weight is 155 g/mol. The first-order valence-corrected chi connectivity index (χ1v) is 3.47. The molecule has 0 atom stereocenters. The van der Waals surface area contributed by atoms with Gasteiger partial charge in [-0.25, -0.2) is 0 Å². The smallest absolute Gasteiger partial charge is 0.271 e. The number of carbonyl (C=O) groups is 1. The molecule has 0 N–H and O–H groups in total. The fraction of sp³-hybridized carbons (Fsp3) is 0.500. The molecule has 0 fully saturated rings. The lowest BCUT2D eigenvalue weighted by Gasteiger charge is -2.00. The predicted octanol–water partition coefficient (Wildman–Crippen LogP) is 1.40. The molecule has 62 valence electrons. The van der Waals surface area contributed by atoms with E-state index in [0.717, 1.165) is 12.5 Å². The molecule has 3 heteroatoms. The van der Waals surface area contributed by atoms with Crippen molar-refractivity contribution in [3.05, 3.63) is 12.7 Å². The Hall–Kier alpha value is -1.12. The van der Waals surface area contributed by atoms with Gasteiger partial charge in [-0.05, 0) is 12.0 Å². The molecule has 0 aromatic heterocycles. The standard InChI is InChI=1S/C8H13NO2/c1-4-8(10)9-6-11-5-7(2)3/h4,6-7H,1,5H2,2-3H3. The van der Waals surface area contributed by atoms with Crippen LogP contribution in [0, 0.1) is 5.92 Å². The van der Waals surface area contributed by atoms with Crippen molar-refractivity contribution in [3.63, 3.8) is 0 Å². The normalized spacial score (nSPS) is 10.5. The highest BCUT2D eigenvalue weighted by molar-refractivity contribution is 5.91. The highest BCUT2D eigenvalue weighted by atomic mass is 16.5. The second-order valence-corrected chi connectivity index (χ2v) is 2.50. The summed E-state index contributed by atoms with van der Waals surface area (Å²) in [5.74, 6) is 0.0639. The Balaban J connectivity index is 3.44. The lowest BCUT2D eigenvalue weighted by Crippen LogP contribution is -2.00. The number of ether oxygens (including phenoxy) is 1. The zero-order chi connectivity index (χ0) is 8.69. The minimum Gasteiger partial charge on any atom is -0.483 e. The monoisotopic (exact) mass is 155 g/mol. The molecular weight excluding hydrogens is 142 g/mol.